The molecule has 1 aromatic heterocycles. The highest BCUT2D eigenvalue weighted by atomic mass is 16.3. The van der Waals surface area contributed by atoms with Crippen LogP contribution in [0.5, 0.6) is 0 Å². The molecule has 1 atom stereocenters. The SMILES string of the molecule is CC(O)c1cn(CCN2C(=O)c3ccccc3C2=O)nn1. The van der Waals surface area contributed by atoms with Crippen LogP contribution in [0.3, 0.4) is 0 Å². The Morgan fingerprint density at radius 3 is 2.29 bits per heavy atom. The van der Waals surface area contributed by atoms with Gasteiger partial charge in [0.25, 0.3) is 11.8 Å². The first-order chi connectivity index (χ1) is 10.1. The van der Waals surface area contributed by atoms with Gasteiger partial charge < -0.3 is 5.11 Å². The summed E-state index contributed by atoms with van der Waals surface area (Å²) in [5.74, 6) is -0.571. The summed E-state index contributed by atoms with van der Waals surface area (Å²) in [7, 11) is 0. The number of carbonyl (C=O) groups excluding carboxylic acids is 2. The summed E-state index contributed by atoms with van der Waals surface area (Å²) in [6.45, 7) is 2.15. The fraction of sp³-hybridized carbons (Fsp3) is 0.286. The molecule has 0 aliphatic carbocycles. The Kier molecular flexibility index (Phi) is 3.26. The molecule has 1 aliphatic heterocycles. The summed E-state index contributed by atoms with van der Waals surface area (Å²) in [5, 5.41) is 17.1. The molecule has 1 aromatic carbocycles. The maximum Gasteiger partial charge on any atom is 0.261 e. The van der Waals surface area contributed by atoms with Gasteiger partial charge in [-0.2, -0.15) is 0 Å². The number of hydrogen-bond acceptors (Lipinski definition) is 5. The Morgan fingerprint density at radius 2 is 1.76 bits per heavy atom. The van der Waals surface area contributed by atoms with E-state index in [1.165, 1.54) is 9.58 Å². The zero-order chi connectivity index (χ0) is 15.0. The predicted octanol–water partition coefficient (Wildman–Crippen LogP) is 0.628. The van der Waals surface area contributed by atoms with Crippen LogP contribution in [0.1, 0.15) is 39.4 Å². The number of hydrogen-bond donors (Lipinski definition) is 1. The summed E-state index contributed by atoms with van der Waals surface area (Å²) in [4.78, 5) is 25.5. The van der Waals surface area contributed by atoms with Gasteiger partial charge in [-0.25, -0.2) is 0 Å². The van der Waals surface area contributed by atoms with E-state index in [-0.39, 0.29) is 18.4 Å². The molecule has 3 rings (SSSR count). The molecule has 0 saturated carbocycles. The molecule has 0 saturated heterocycles. The molecule has 0 bridgehead atoms. The molecule has 108 valence electrons. The Hall–Kier alpha value is -2.54. The number of aliphatic hydroxyl groups excluding tert-OH is 1. The lowest BCUT2D eigenvalue weighted by atomic mass is 10.1. The molecule has 1 N–H and O–H groups in total. The molecule has 0 radical (unpaired) electrons. The molecule has 2 amide bonds. The average Bonchev–Trinajstić information content (AvgIpc) is 3.03. The second-order valence-corrected chi connectivity index (χ2v) is 4.89. The smallest absolute Gasteiger partial charge is 0.261 e. The van der Waals surface area contributed by atoms with E-state index in [1.54, 1.807) is 37.4 Å². The topological polar surface area (TPSA) is 88.3 Å². The quantitative estimate of drug-likeness (QED) is 0.833. The average molecular weight is 286 g/mol. The van der Waals surface area contributed by atoms with Crippen molar-refractivity contribution in [2.24, 2.45) is 0 Å². The van der Waals surface area contributed by atoms with Crippen LogP contribution in [0.2, 0.25) is 0 Å². The van der Waals surface area contributed by atoms with E-state index in [4.69, 9.17) is 0 Å². The summed E-state index contributed by atoms with van der Waals surface area (Å²) < 4.78 is 1.51. The fourth-order valence-corrected chi connectivity index (χ4v) is 2.26. The summed E-state index contributed by atoms with van der Waals surface area (Å²) in [5.41, 5.74) is 1.33. The first-order valence-corrected chi connectivity index (χ1v) is 6.61. The standard InChI is InChI=1S/C14H14N4O3/c1-9(19)12-8-17(16-15-12)6-7-18-13(20)10-4-2-3-5-11(10)14(18)21/h2-5,8-9,19H,6-7H2,1H3. The van der Waals surface area contributed by atoms with Crippen molar-refractivity contribution in [3.63, 3.8) is 0 Å². The number of nitrogens with zero attached hydrogens (tertiary/aromatic N) is 4. The number of rotatable bonds is 4. The lowest BCUT2D eigenvalue weighted by Crippen LogP contribution is -2.33. The van der Waals surface area contributed by atoms with E-state index in [0.29, 0.717) is 23.4 Å². The molecule has 7 heteroatoms. The van der Waals surface area contributed by atoms with E-state index in [9.17, 15) is 14.7 Å². The normalized spacial score (nSPS) is 15.4. The molecule has 2 aromatic rings. The Bertz CT molecular complexity index is 673. The van der Waals surface area contributed by atoms with Gasteiger partial charge in [-0.1, -0.05) is 17.3 Å². The van der Waals surface area contributed by atoms with E-state index in [0.717, 1.165) is 0 Å². The molecule has 1 unspecified atom stereocenters. The van der Waals surface area contributed by atoms with Crippen LogP contribution in [-0.2, 0) is 6.54 Å². The van der Waals surface area contributed by atoms with Crippen molar-refractivity contribution in [3.05, 3.63) is 47.3 Å². The highest BCUT2D eigenvalue weighted by molar-refractivity contribution is 6.21. The lowest BCUT2D eigenvalue weighted by Gasteiger charge is -2.13. The number of amides is 2. The van der Waals surface area contributed by atoms with Gasteiger partial charge in [-0.15, -0.1) is 5.10 Å². The molecule has 2 heterocycles. The minimum Gasteiger partial charge on any atom is -0.387 e. The zero-order valence-electron chi connectivity index (χ0n) is 11.4. The van der Waals surface area contributed by atoms with Gasteiger partial charge in [0, 0.05) is 6.54 Å². The van der Waals surface area contributed by atoms with Gasteiger partial charge >= 0.3 is 0 Å². The third-order valence-electron chi connectivity index (χ3n) is 3.42. The predicted molar refractivity (Wildman–Crippen MR) is 72.5 cm³/mol. The van der Waals surface area contributed by atoms with Crippen LogP contribution >= 0.6 is 0 Å². The Labute approximate surface area is 120 Å². The number of aromatic nitrogens is 3. The van der Waals surface area contributed by atoms with Gasteiger partial charge in [0.15, 0.2) is 0 Å². The maximum atomic E-state index is 12.2. The minimum atomic E-state index is -0.696. The zero-order valence-corrected chi connectivity index (χ0v) is 11.4. The molecule has 0 fully saturated rings. The molecule has 7 nitrogen and oxygen atoms in total. The first-order valence-electron chi connectivity index (χ1n) is 6.61. The van der Waals surface area contributed by atoms with Crippen molar-refractivity contribution < 1.29 is 14.7 Å². The Morgan fingerprint density at radius 1 is 1.14 bits per heavy atom. The van der Waals surface area contributed by atoms with E-state index < -0.39 is 6.10 Å². The largest absolute Gasteiger partial charge is 0.387 e. The van der Waals surface area contributed by atoms with Crippen molar-refractivity contribution in [3.8, 4) is 0 Å². The summed E-state index contributed by atoms with van der Waals surface area (Å²) in [6, 6.07) is 6.77. The summed E-state index contributed by atoms with van der Waals surface area (Å²) >= 11 is 0. The van der Waals surface area contributed by atoms with Crippen molar-refractivity contribution >= 4 is 11.8 Å². The van der Waals surface area contributed by atoms with Gasteiger partial charge in [0.05, 0.1) is 30.0 Å². The molecule has 21 heavy (non-hydrogen) atoms. The third-order valence-corrected chi connectivity index (χ3v) is 3.42. The van der Waals surface area contributed by atoms with Crippen LogP contribution in [0, 0.1) is 0 Å². The van der Waals surface area contributed by atoms with Crippen molar-refractivity contribution in [2.75, 3.05) is 6.54 Å². The van der Waals surface area contributed by atoms with Crippen molar-refractivity contribution in [2.45, 2.75) is 19.6 Å². The van der Waals surface area contributed by atoms with Crippen LogP contribution in [0.25, 0.3) is 0 Å². The second-order valence-electron chi connectivity index (χ2n) is 4.89. The number of imide groups is 1. The number of benzene rings is 1. The first kappa shape index (κ1) is 13.4. The Balaban J connectivity index is 1.72. The molecule has 1 aliphatic rings. The van der Waals surface area contributed by atoms with Gasteiger partial charge in [0.1, 0.15) is 5.69 Å². The van der Waals surface area contributed by atoms with Crippen LogP contribution < -0.4 is 0 Å². The lowest BCUT2D eigenvalue weighted by molar-refractivity contribution is 0.0647. The third kappa shape index (κ3) is 2.31. The van der Waals surface area contributed by atoms with Crippen molar-refractivity contribution in [1.82, 2.24) is 19.9 Å². The van der Waals surface area contributed by atoms with Gasteiger partial charge in [0.2, 0.25) is 0 Å². The van der Waals surface area contributed by atoms with Crippen LogP contribution in [-0.4, -0.2) is 43.4 Å². The van der Waals surface area contributed by atoms with E-state index in [2.05, 4.69) is 10.3 Å². The van der Waals surface area contributed by atoms with E-state index >= 15 is 0 Å². The number of aliphatic hydroxyl groups is 1. The van der Waals surface area contributed by atoms with Gasteiger partial charge in [-0.05, 0) is 19.1 Å². The van der Waals surface area contributed by atoms with Gasteiger partial charge in [-0.3, -0.25) is 19.2 Å². The molecular formula is C14H14N4O3. The van der Waals surface area contributed by atoms with Crippen molar-refractivity contribution in [1.29, 1.82) is 0 Å². The summed E-state index contributed by atoms with van der Waals surface area (Å²) in [6.07, 6.45) is 0.904. The van der Waals surface area contributed by atoms with E-state index in [1.807, 2.05) is 0 Å². The van der Waals surface area contributed by atoms with Crippen LogP contribution in [0.15, 0.2) is 30.5 Å². The number of carbonyl (C=O) groups is 2. The molecular weight excluding hydrogens is 272 g/mol. The maximum absolute atomic E-state index is 12.2. The second kappa shape index (κ2) is 5.10. The minimum absolute atomic E-state index is 0.217. The highest BCUT2D eigenvalue weighted by Gasteiger charge is 2.34. The monoisotopic (exact) mass is 286 g/mol. The fourth-order valence-electron chi connectivity index (χ4n) is 2.26. The molecule has 0 spiro atoms. The number of fused-ring (bicyclic) bond motifs is 1. The highest BCUT2D eigenvalue weighted by Crippen LogP contribution is 2.22. The van der Waals surface area contributed by atoms with Crippen LogP contribution in [0.4, 0.5) is 0 Å².